The number of nitrogens with zero attached hydrogens (tertiary/aromatic N) is 2. The number of thioether (sulfide) groups is 1. The number of para-hydroxylation sites is 1. The van der Waals surface area contributed by atoms with E-state index in [1.165, 1.54) is 11.3 Å². The number of hydrogen-bond acceptors (Lipinski definition) is 4. The van der Waals surface area contributed by atoms with Gasteiger partial charge in [0.1, 0.15) is 10.9 Å². The van der Waals surface area contributed by atoms with Crippen LogP contribution in [0.2, 0.25) is 0 Å². The summed E-state index contributed by atoms with van der Waals surface area (Å²) in [5, 5.41) is 11.2. The Labute approximate surface area is 125 Å². The van der Waals surface area contributed by atoms with Gasteiger partial charge in [-0.3, -0.25) is 4.79 Å². The lowest BCUT2D eigenvalue weighted by Crippen LogP contribution is -2.38. The van der Waals surface area contributed by atoms with E-state index in [-0.39, 0.29) is 5.91 Å². The summed E-state index contributed by atoms with van der Waals surface area (Å²) in [5.41, 5.74) is 1.40. The molecule has 2 aromatic rings. The lowest BCUT2D eigenvalue weighted by Gasteiger charge is -2.32. The summed E-state index contributed by atoms with van der Waals surface area (Å²) in [6.45, 7) is 2.78. The predicted octanol–water partition coefficient (Wildman–Crippen LogP) is 3.76. The summed E-state index contributed by atoms with van der Waals surface area (Å²) in [6.07, 6.45) is 0. The van der Waals surface area contributed by atoms with Crippen molar-refractivity contribution in [1.29, 1.82) is 5.26 Å². The van der Waals surface area contributed by atoms with Gasteiger partial charge >= 0.3 is 0 Å². The Balaban J connectivity index is 2.03. The van der Waals surface area contributed by atoms with Gasteiger partial charge in [-0.1, -0.05) is 19.1 Å². The first kappa shape index (κ1) is 13.2. The van der Waals surface area contributed by atoms with Crippen LogP contribution in [0.25, 0.3) is 0 Å². The number of fused-ring (bicyclic) bond motifs is 1. The molecule has 0 saturated carbocycles. The van der Waals surface area contributed by atoms with Crippen LogP contribution in [-0.4, -0.2) is 17.7 Å². The fraction of sp³-hybridized carbons (Fsp3) is 0.200. The molecule has 1 aromatic heterocycles. The molecule has 1 atom stereocenters. The predicted molar refractivity (Wildman–Crippen MR) is 82.5 cm³/mol. The third kappa shape index (κ3) is 2.21. The van der Waals surface area contributed by atoms with Crippen LogP contribution < -0.4 is 4.90 Å². The van der Waals surface area contributed by atoms with Crippen LogP contribution in [0.15, 0.2) is 40.6 Å². The number of thiophene rings is 1. The second-order valence-electron chi connectivity index (χ2n) is 4.59. The number of benzene rings is 1. The number of anilines is 1. The number of carbonyl (C=O) groups excluding carboxylic acids is 1. The van der Waals surface area contributed by atoms with E-state index in [9.17, 15) is 4.79 Å². The van der Waals surface area contributed by atoms with Crippen molar-refractivity contribution in [3.05, 3.63) is 46.2 Å². The van der Waals surface area contributed by atoms with Gasteiger partial charge in [0.05, 0.1) is 11.3 Å². The molecule has 0 fully saturated rings. The molecule has 0 spiro atoms. The largest absolute Gasteiger partial charge is 0.305 e. The lowest BCUT2D eigenvalue weighted by molar-refractivity contribution is 0.0990. The fourth-order valence-electron chi connectivity index (χ4n) is 2.27. The summed E-state index contributed by atoms with van der Waals surface area (Å²) in [4.78, 5) is 16.2. The molecule has 1 aliphatic rings. The first-order valence-electron chi connectivity index (χ1n) is 6.26. The van der Waals surface area contributed by atoms with E-state index in [0.29, 0.717) is 22.2 Å². The minimum Gasteiger partial charge on any atom is -0.305 e. The monoisotopic (exact) mass is 300 g/mol. The fourth-order valence-corrected chi connectivity index (χ4v) is 4.17. The maximum atomic E-state index is 12.7. The minimum atomic E-state index is -0.0730. The molecule has 2 heterocycles. The molecule has 3 nitrogen and oxygen atoms in total. The van der Waals surface area contributed by atoms with Crippen LogP contribution in [0.3, 0.4) is 0 Å². The number of rotatable bonds is 1. The molecule has 0 aliphatic carbocycles. The van der Waals surface area contributed by atoms with E-state index in [2.05, 4.69) is 13.0 Å². The van der Waals surface area contributed by atoms with Gasteiger partial charge in [-0.25, -0.2) is 0 Å². The molecule has 5 heteroatoms. The van der Waals surface area contributed by atoms with E-state index in [1.54, 1.807) is 28.1 Å². The lowest BCUT2D eigenvalue weighted by atomic mass is 10.2. The summed E-state index contributed by atoms with van der Waals surface area (Å²) >= 11 is 3.12. The Bertz CT molecular complexity index is 702. The van der Waals surface area contributed by atoms with Gasteiger partial charge in [0.15, 0.2) is 0 Å². The average Bonchev–Trinajstić information content (AvgIpc) is 2.94. The highest BCUT2D eigenvalue weighted by atomic mass is 32.2. The Morgan fingerprint density at radius 1 is 1.40 bits per heavy atom. The molecular weight excluding hydrogens is 288 g/mol. The average molecular weight is 300 g/mol. The first-order chi connectivity index (χ1) is 9.70. The van der Waals surface area contributed by atoms with Gasteiger partial charge in [-0.2, -0.15) is 5.26 Å². The van der Waals surface area contributed by atoms with Crippen molar-refractivity contribution in [2.24, 2.45) is 0 Å². The van der Waals surface area contributed by atoms with Crippen molar-refractivity contribution in [3.8, 4) is 6.07 Å². The number of hydrogen-bond donors (Lipinski definition) is 0. The number of amides is 1. The molecule has 0 radical (unpaired) electrons. The SMILES string of the molecule is C[C@H]1CN(C(=O)c2sccc2C#N)c2ccccc2S1. The molecule has 1 aliphatic heterocycles. The molecule has 0 N–H and O–H groups in total. The second kappa shape index (κ2) is 5.31. The second-order valence-corrected chi connectivity index (χ2v) is 6.98. The third-order valence-electron chi connectivity index (χ3n) is 3.15. The van der Waals surface area contributed by atoms with Gasteiger partial charge in [0.2, 0.25) is 0 Å². The number of nitriles is 1. The van der Waals surface area contributed by atoms with Gasteiger partial charge in [-0.05, 0) is 23.6 Å². The highest BCUT2D eigenvalue weighted by molar-refractivity contribution is 8.00. The minimum absolute atomic E-state index is 0.0730. The van der Waals surface area contributed by atoms with Crippen LogP contribution in [0.1, 0.15) is 22.2 Å². The molecule has 0 bridgehead atoms. The highest BCUT2D eigenvalue weighted by Crippen LogP contribution is 2.39. The third-order valence-corrected chi connectivity index (χ3v) is 5.20. The van der Waals surface area contributed by atoms with Gasteiger partial charge in [0.25, 0.3) is 5.91 Å². The highest BCUT2D eigenvalue weighted by Gasteiger charge is 2.29. The van der Waals surface area contributed by atoms with Crippen molar-refractivity contribution in [3.63, 3.8) is 0 Å². The molecule has 1 aromatic carbocycles. The van der Waals surface area contributed by atoms with Gasteiger partial charge in [0, 0.05) is 16.7 Å². The normalized spacial score (nSPS) is 17.4. The summed E-state index contributed by atoms with van der Waals surface area (Å²) in [5.74, 6) is -0.0730. The van der Waals surface area contributed by atoms with E-state index in [1.807, 2.05) is 24.3 Å². The maximum absolute atomic E-state index is 12.7. The van der Waals surface area contributed by atoms with Crippen molar-refractivity contribution in [2.75, 3.05) is 11.4 Å². The molecule has 0 unspecified atom stereocenters. The summed E-state index contributed by atoms with van der Waals surface area (Å²) < 4.78 is 0. The maximum Gasteiger partial charge on any atom is 0.269 e. The Kier molecular flexibility index (Phi) is 3.51. The Morgan fingerprint density at radius 2 is 2.20 bits per heavy atom. The van der Waals surface area contributed by atoms with E-state index in [0.717, 1.165) is 10.6 Å². The van der Waals surface area contributed by atoms with E-state index >= 15 is 0 Å². The summed E-state index contributed by atoms with van der Waals surface area (Å²) in [7, 11) is 0. The van der Waals surface area contributed by atoms with Gasteiger partial charge in [-0.15, -0.1) is 23.1 Å². The Hall–Kier alpha value is -1.77. The van der Waals surface area contributed by atoms with Crippen molar-refractivity contribution in [2.45, 2.75) is 17.1 Å². The van der Waals surface area contributed by atoms with E-state index < -0.39 is 0 Å². The van der Waals surface area contributed by atoms with Crippen molar-refractivity contribution >= 4 is 34.7 Å². The molecule has 0 saturated heterocycles. The summed E-state index contributed by atoms with van der Waals surface area (Å²) in [6, 6.07) is 11.7. The number of carbonyl (C=O) groups is 1. The first-order valence-corrected chi connectivity index (χ1v) is 8.02. The van der Waals surface area contributed by atoms with Crippen LogP contribution >= 0.6 is 23.1 Å². The zero-order valence-corrected chi connectivity index (χ0v) is 12.5. The molecule has 1 amide bonds. The molecule has 100 valence electrons. The van der Waals surface area contributed by atoms with Crippen molar-refractivity contribution < 1.29 is 4.79 Å². The standard InChI is InChI=1S/C15H12N2OS2/c1-10-9-17(12-4-2-3-5-13(12)20-10)15(18)14-11(8-16)6-7-19-14/h2-7,10H,9H2,1H3/t10-/m0/s1. The van der Waals surface area contributed by atoms with Crippen molar-refractivity contribution in [1.82, 2.24) is 0 Å². The smallest absolute Gasteiger partial charge is 0.269 e. The topological polar surface area (TPSA) is 44.1 Å². The Morgan fingerprint density at radius 3 is 3.00 bits per heavy atom. The zero-order valence-electron chi connectivity index (χ0n) is 10.9. The van der Waals surface area contributed by atoms with Gasteiger partial charge < -0.3 is 4.90 Å². The van der Waals surface area contributed by atoms with Crippen LogP contribution in [0, 0.1) is 11.3 Å². The quantitative estimate of drug-likeness (QED) is 0.805. The van der Waals surface area contributed by atoms with Crippen LogP contribution in [-0.2, 0) is 0 Å². The molecular formula is C15H12N2OS2. The molecule has 20 heavy (non-hydrogen) atoms. The van der Waals surface area contributed by atoms with Crippen LogP contribution in [0.5, 0.6) is 0 Å². The molecule has 3 rings (SSSR count). The van der Waals surface area contributed by atoms with Crippen LogP contribution in [0.4, 0.5) is 5.69 Å². The zero-order chi connectivity index (χ0) is 14.1. The van der Waals surface area contributed by atoms with E-state index in [4.69, 9.17) is 5.26 Å².